The van der Waals surface area contributed by atoms with Crippen LogP contribution in [0.4, 0.5) is 0 Å². The molecular formula is C16H15O. The predicted molar refractivity (Wildman–Crippen MR) is 71.8 cm³/mol. The predicted octanol–water partition coefficient (Wildman–Crippen LogP) is 4.06. The maximum Gasteiger partial charge on any atom is 0.119 e. The van der Waals surface area contributed by atoms with Crippen molar-refractivity contribution >= 4 is 12.2 Å². The quantitative estimate of drug-likeness (QED) is 0.710. The summed E-state index contributed by atoms with van der Waals surface area (Å²) < 4.78 is 5.40. The SMILES string of the molecule is CCOc1ccc(C=Cc2cc[c]cc2)cc1. The molecule has 1 radical (unpaired) electrons. The van der Waals surface area contributed by atoms with Gasteiger partial charge in [-0.05, 0) is 36.2 Å². The lowest BCUT2D eigenvalue weighted by Crippen LogP contribution is -1.90. The summed E-state index contributed by atoms with van der Waals surface area (Å²) in [4.78, 5) is 0. The molecule has 2 aromatic carbocycles. The molecule has 0 unspecified atom stereocenters. The van der Waals surface area contributed by atoms with Crippen molar-refractivity contribution in [3.05, 3.63) is 65.7 Å². The largest absolute Gasteiger partial charge is 0.494 e. The van der Waals surface area contributed by atoms with Crippen LogP contribution >= 0.6 is 0 Å². The van der Waals surface area contributed by atoms with E-state index in [1.165, 1.54) is 11.1 Å². The molecule has 0 bridgehead atoms. The van der Waals surface area contributed by atoms with E-state index < -0.39 is 0 Å². The number of hydrogen-bond donors (Lipinski definition) is 0. The molecule has 1 nitrogen and oxygen atoms in total. The Morgan fingerprint density at radius 1 is 0.941 bits per heavy atom. The molecule has 0 atom stereocenters. The molecule has 0 aliphatic carbocycles. The molecule has 0 heterocycles. The van der Waals surface area contributed by atoms with Crippen LogP contribution in [0.5, 0.6) is 5.75 Å². The molecule has 0 aromatic heterocycles. The number of hydrogen-bond acceptors (Lipinski definition) is 1. The summed E-state index contributed by atoms with van der Waals surface area (Å²) in [6, 6.07) is 19.0. The third-order valence-electron chi connectivity index (χ3n) is 2.40. The molecule has 17 heavy (non-hydrogen) atoms. The standard InChI is InChI=1S/C16H15O/c1-2-17-16-12-10-15(11-13-16)9-8-14-6-4-3-5-7-14/h4-13H,2H2,1H3. The van der Waals surface area contributed by atoms with Crippen LogP contribution in [0.1, 0.15) is 18.1 Å². The van der Waals surface area contributed by atoms with Crippen LogP contribution in [0.3, 0.4) is 0 Å². The average molecular weight is 223 g/mol. The minimum Gasteiger partial charge on any atom is -0.494 e. The van der Waals surface area contributed by atoms with Gasteiger partial charge in [-0.3, -0.25) is 0 Å². The van der Waals surface area contributed by atoms with Crippen LogP contribution in [0.2, 0.25) is 0 Å². The van der Waals surface area contributed by atoms with Gasteiger partial charge in [-0.15, -0.1) is 0 Å². The van der Waals surface area contributed by atoms with E-state index in [0.29, 0.717) is 6.61 Å². The zero-order chi connectivity index (χ0) is 11.9. The number of rotatable bonds is 4. The summed E-state index contributed by atoms with van der Waals surface area (Å²) in [5, 5.41) is 0. The Hall–Kier alpha value is -2.02. The fraction of sp³-hybridized carbons (Fsp3) is 0.125. The van der Waals surface area contributed by atoms with Crippen LogP contribution in [-0.4, -0.2) is 6.61 Å². The van der Waals surface area contributed by atoms with Crippen LogP contribution in [0.15, 0.2) is 48.5 Å². The van der Waals surface area contributed by atoms with Gasteiger partial charge in [0.1, 0.15) is 5.75 Å². The highest BCUT2D eigenvalue weighted by atomic mass is 16.5. The Morgan fingerprint density at radius 2 is 1.53 bits per heavy atom. The van der Waals surface area contributed by atoms with E-state index in [1.807, 2.05) is 43.3 Å². The van der Waals surface area contributed by atoms with Gasteiger partial charge in [-0.1, -0.05) is 48.6 Å². The lowest BCUT2D eigenvalue weighted by atomic mass is 10.1. The Morgan fingerprint density at radius 3 is 2.12 bits per heavy atom. The van der Waals surface area contributed by atoms with Gasteiger partial charge < -0.3 is 4.74 Å². The summed E-state index contributed by atoms with van der Waals surface area (Å²) in [5.41, 5.74) is 2.35. The molecule has 2 aromatic rings. The van der Waals surface area contributed by atoms with Crippen molar-refractivity contribution in [3.8, 4) is 5.75 Å². The number of benzene rings is 2. The first-order valence-electron chi connectivity index (χ1n) is 5.75. The third-order valence-corrected chi connectivity index (χ3v) is 2.40. The van der Waals surface area contributed by atoms with Crippen molar-refractivity contribution in [2.75, 3.05) is 6.61 Å². The second-order valence-corrected chi connectivity index (χ2v) is 3.67. The molecule has 0 saturated carbocycles. The topological polar surface area (TPSA) is 9.23 Å². The lowest BCUT2D eigenvalue weighted by Gasteiger charge is -2.02. The van der Waals surface area contributed by atoms with E-state index in [9.17, 15) is 0 Å². The third kappa shape index (κ3) is 3.49. The highest BCUT2D eigenvalue weighted by Gasteiger charge is 1.91. The van der Waals surface area contributed by atoms with Crippen molar-refractivity contribution in [1.82, 2.24) is 0 Å². The molecule has 0 fully saturated rings. The van der Waals surface area contributed by atoms with Crippen LogP contribution in [0.25, 0.3) is 12.2 Å². The molecule has 2 rings (SSSR count). The maximum absolute atomic E-state index is 5.40. The molecule has 0 aliphatic heterocycles. The van der Waals surface area contributed by atoms with Crippen LogP contribution in [0, 0.1) is 6.07 Å². The van der Waals surface area contributed by atoms with Gasteiger partial charge in [-0.25, -0.2) is 0 Å². The van der Waals surface area contributed by atoms with Crippen molar-refractivity contribution < 1.29 is 4.74 Å². The molecule has 0 aliphatic rings. The highest BCUT2D eigenvalue weighted by Crippen LogP contribution is 2.14. The van der Waals surface area contributed by atoms with Crippen molar-refractivity contribution in [2.24, 2.45) is 0 Å². The Kier molecular flexibility index (Phi) is 3.98. The zero-order valence-corrected chi connectivity index (χ0v) is 9.89. The molecular weight excluding hydrogens is 208 g/mol. The molecule has 0 amide bonds. The van der Waals surface area contributed by atoms with E-state index in [-0.39, 0.29) is 0 Å². The Labute approximate surface area is 102 Å². The zero-order valence-electron chi connectivity index (χ0n) is 9.89. The van der Waals surface area contributed by atoms with Gasteiger partial charge >= 0.3 is 0 Å². The number of ether oxygens (including phenoxy) is 1. The second kappa shape index (κ2) is 5.90. The minimum atomic E-state index is 0.704. The van der Waals surface area contributed by atoms with Crippen molar-refractivity contribution in [3.63, 3.8) is 0 Å². The van der Waals surface area contributed by atoms with E-state index in [4.69, 9.17) is 4.74 Å². The van der Waals surface area contributed by atoms with Crippen molar-refractivity contribution in [2.45, 2.75) is 6.92 Å². The van der Waals surface area contributed by atoms with Gasteiger partial charge in [0.05, 0.1) is 6.61 Å². The van der Waals surface area contributed by atoms with Gasteiger partial charge in [0.15, 0.2) is 0 Å². The van der Waals surface area contributed by atoms with E-state index in [2.05, 4.69) is 30.4 Å². The monoisotopic (exact) mass is 223 g/mol. The van der Waals surface area contributed by atoms with E-state index in [1.54, 1.807) is 0 Å². The summed E-state index contributed by atoms with van der Waals surface area (Å²) in [5.74, 6) is 0.916. The van der Waals surface area contributed by atoms with Gasteiger partial charge in [0, 0.05) is 0 Å². The van der Waals surface area contributed by atoms with Crippen LogP contribution in [-0.2, 0) is 0 Å². The summed E-state index contributed by atoms with van der Waals surface area (Å²) in [7, 11) is 0. The smallest absolute Gasteiger partial charge is 0.119 e. The second-order valence-electron chi connectivity index (χ2n) is 3.67. The fourth-order valence-electron chi connectivity index (χ4n) is 1.55. The molecule has 1 heteroatoms. The van der Waals surface area contributed by atoms with E-state index in [0.717, 1.165) is 5.75 Å². The normalized spacial score (nSPS) is 10.6. The van der Waals surface area contributed by atoms with Crippen LogP contribution < -0.4 is 4.74 Å². The Balaban J connectivity index is 2.06. The molecule has 85 valence electrons. The average Bonchev–Trinajstić information content (AvgIpc) is 2.40. The van der Waals surface area contributed by atoms with E-state index >= 15 is 0 Å². The highest BCUT2D eigenvalue weighted by molar-refractivity contribution is 5.69. The lowest BCUT2D eigenvalue weighted by molar-refractivity contribution is 0.340. The summed E-state index contributed by atoms with van der Waals surface area (Å²) in [6.45, 7) is 2.69. The minimum absolute atomic E-state index is 0.704. The summed E-state index contributed by atoms with van der Waals surface area (Å²) in [6.07, 6.45) is 4.18. The first-order valence-corrected chi connectivity index (χ1v) is 5.75. The van der Waals surface area contributed by atoms with Gasteiger partial charge in [0.25, 0.3) is 0 Å². The molecule has 0 spiro atoms. The first kappa shape index (κ1) is 11.5. The molecule has 0 N–H and O–H groups in total. The van der Waals surface area contributed by atoms with Gasteiger partial charge in [0.2, 0.25) is 0 Å². The maximum atomic E-state index is 5.40. The van der Waals surface area contributed by atoms with Gasteiger partial charge in [-0.2, -0.15) is 0 Å². The first-order chi connectivity index (χ1) is 8.38. The fourth-order valence-corrected chi connectivity index (χ4v) is 1.55. The van der Waals surface area contributed by atoms with Crippen molar-refractivity contribution in [1.29, 1.82) is 0 Å². The summed E-state index contributed by atoms with van der Waals surface area (Å²) >= 11 is 0. The Bertz CT molecular complexity index is 469. The molecule has 0 saturated heterocycles.